The second-order valence-corrected chi connectivity index (χ2v) is 9.33. The van der Waals surface area contributed by atoms with Gasteiger partial charge in [-0.15, -0.1) is 11.3 Å². The van der Waals surface area contributed by atoms with Crippen molar-refractivity contribution in [3.63, 3.8) is 0 Å². The van der Waals surface area contributed by atoms with Crippen LogP contribution in [0.4, 0.5) is 5.69 Å². The highest BCUT2D eigenvalue weighted by molar-refractivity contribution is 9.10. The highest BCUT2D eigenvalue weighted by atomic mass is 79.9. The van der Waals surface area contributed by atoms with Gasteiger partial charge in [-0.2, -0.15) is 0 Å². The molecule has 1 fully saturated rings. The minimum atomic E-state index is -0.292. The van der Waals surface area contributed by atoms with E-state index in [4.69, 9.17) is 0 Å². The number of anilines is 1. The summed E-state index contributed by atoms with van der Waals surface area (Å²) in [6, 6.07) is 5.61. The Morgan fingerprint density at radius 2 is 1.97 bits per heavy atom. The molecule has 7 nitrogen and oxygen atoms in total. The van der Waals surface area contributed by atoms with Crippen LogP contribution in [0.5, 0.6) is 0 Å². The predicted octanol–water partition coefficient (Wildman–Crippen LogP) is 3.71. The Hall–Kier alpha value is -2.52. The van der Waals surface area contributed by atoms with E-state index in [0.29, 0.717) is 26.3 Å². The number of amides is 2. The van der Waals surface area contributed by atoms with E-state index in [9.17, 15) is 14.4 Å². The highest BCUT2D eigenvalue weighted by Gasteiger charge is 2.22. The molecule has 1 N–H and O–H groups in total. The van der Waals surface area contributed by atoms with Crippen LogP contribution in [-0.2, 0) is 11.3 Å². The third-order valence-corrected chi connectivity index (χ3v) is 7.02. The zero-order valence-corrected chi connectivity index (χ0v) is 19.1. The second kappa shape index (κ2) is 8.31. The SMILES string of the molecule is Cc1cc(Br)ccc1NC(=O)c1sc2ncn(CC(=O)N3CCCC3)c(=O)c2c1C. The Balaban J connectivity index is 1.63. The summed E-state index contributed by atoms with van der Waals surface area (Å²) in [4.78, 5) is 45.4. The van der Waals surface area contributed by atoms with Crippen LogP contribution in [-0.4, -0.2) is 39.4 Å². The molecule has 1 saturated heterocycles. The van der Waals surface area contributed by atoms with Crippen molar-refractivity contribution in [2.45, 2.75) is 33.2 Å². The number of rotatable bonds is 4. The third kappa shape index (κ3) is 3.91. The molecule has 0 atom stereocenters. The van der Waals surface area contributed by atoms with E-state index in [2.05, 4.69) is 26.2 Å². The first-order valence-electron chi connectivity index (χ1n) is 9.69. The topological polar surface area (TPSA) is 84.3 Å². The summed E-state index contributed by atoms with van der Waals surface area (Å²) in [5, 5.41) is 3.31. The van der Waals surface area contributed by atoms with Gasteiger partial charge in [0.15, 0.2) is 0 Å². The smallest absolute Gasteiger partial charge is 0.266 e. The van der Waals surface area contributed by atoms with Crippen molar-refractivity contribution >= 4 is 55.0 Å². The summed E-state index contributed by atoms with van der Waals surface area (Å²) in [6.45, 7) is 5.10. The molecule has 0 radical (unpaired) electrons. The molecule has 0 aliphatic carbocycles. The normalized spacial score (nSPS) is 13.8. The Bertz CT molecular complexity index is 1210. The van der Waals surface area contributed by atoms with Gasteiger partial charge in [0.1, 0.15) is 11.4 Å². The lowest BCUT2D eigenvalue weighted by Crippen LogP contribution is -2.34. The second-order valence-electron chi connectivity index (χ2n) is 7.42. The van der Waals surface area contributed by atoms with Crippen LogP contribution in [0.2, 0.25) is 0 Å². The highest BCUT2D eigenvalue weighted by Crippen LogP contribution is 2.28. The zero-order chi connectivity index (χ0) is 21.4. The number of aryl methyl sites for hydroxylation is 2. The Morgan fingerprint density at radius 3 is 2.67 bits per heavy atom. The first-order chi connectivity index (χ1) is 14.3. The van der Waals surface area contributed by atoms with E-state index in [1.165, 1.54) is 22.2 Å². The summed E-state index contributed by atoms with van der Waals surface area (Å²) < 4.78 is 2.27. The lowest BCUT2D eigenvalue weighted by atomic mass is 10.2. The van der Waals surface area contributed by atoms with Gasteiger partial charge in [0.25, 0.3) is 11.5 Å². The number of aromatic nitrogens is 2. The van der Waals surface area contributed by atoms with Crippen molar-refractivity contribution in [2.75, 3.05) is 18.4 Å². The number of thiophene rings is 1. The molecule has 2 amide bonds. The quantitative estimate of drug-likeness (QED) is 0.606. The van der Waals surface area contributed by atoms with Crippen LogP contribution >= 0.6 is 27.3 Å². The number of hydrogen-bond acceptors (Lipinski definition) is 5. The van der Waals surface area contributed by atoms with Gasteiger partial charge >= 0.3 is 0 Å². The van der Waals surface area contributed by atoms with Crippen molar-refractivity contribution in [3.8, 4) is 0 Å². The fourth-order valence-corrected chi connectivity index (χ4v) is 5.16. The van der Waals surface area contributed by atoms with Gasteiger partial charge in [-0.05, 0) is 56.0 Å². The molecule has 0 bridgehead atoms. The standard InChI is InChI=1S/C21H21BrN4O3S/c1-12-9-14(22)5-6-15(12)24-19(28)18-13(2)17-20(30-18)23-11-26(21(17)29)10-16(27)25-7-3-4-8-25/h5-6,9,11H,3-4,7-8,10H2,1-2H3,(H,24,28). The van der Waals surface area contributed by atoms with E-state index < -0.39 is 0 Å². The number of nitrogens with zero attached hydrogens (tertiary/aromatic N) is 3. The van der Waals surface area contributed by atoms with Gasteiger partial charge in [0.05, 0.1) is 16.6 Å². The molecule has 156 valence electrons. The first kappa shape index (κ1) is 20.7. The number of benzene rings is 1. The Kier molecular flexibility index (Phi) is 5.75. The minimum absolute atomic E-state index is 0.0311. The van der Waals surface area contributed by atoms with Crippen molar-refractivity contribution in [1.29, 1.82) is 0 Å². The molecular formula is C21H21BrN4O3S. The first-order valence-corrected chi connectivity index (χ1v) is 11.3. The van der Waals surface area contributed by atoms with Crippen LogP contribution in [0.3, 0.4) is 0 Å². The summed E-state index contributed by atoms with van der Waals surface area (Å²) in [5.41, 5.74) is 1.93. The van der Waals surface area contributed by atoms with Crippen LogP contribution in [0, 0.1) is 13.8 Å². The average molecular weight is 489 g/mol. The van der Waals surface area contributed by atoms with Gasteiger partial charge in [-0.1, -0.05) is 15.9 Å². The number of carbonyl (C=O) groups is 2. The summed E-state index contributed by atoms with van der Waals surface area (Å²) >= 11 is 4.60. The molecular weight excluding hydrogens is 468 g/mol. The number of hydrogen-bond donors (Lipinski definition) is 1. The number of fused-ring (bicyclic) bond motifs is 1. The maximum Gasteiger partial charge on any atom is 0.266 e. The number of likely N-dealkylation sites (tertiary alicyclic amines) is 1. The number of nitrogens with one attached hydrogen (secondary N) is 1. The van der Waals surface area contributed by atoms with Crippen molar-refractivity contribution < 1.29 is 9.59 Å². The zero-order valence-electron chi connectivity index (χ0n) is 16.7. The van der Waals surface area contributed by atoms with Crippen molar-refractivity contribution in [3.05, 3.63) is 55.4 Å². The maximum absolute atomic E-state index is 13.0. The largest absolute Gasteiger partial charge is 0.341 e. The molecule has 1 aliphatic heterocycles. The molecule has 4 rings (SSSR count). The molecule has 3 heterocycles. The minimum Gasteiger partial charge on any atom is -0.341 e. The molecule has 0 unspecified atom stereocenters. The number of halogens is 1. The third-order valence-electron chi connectivity index (χ3n) is 5.32. The van der Waals surface area contributed by atoms with Gasteiger partial charge in [-0.25, -0.2) is 4.98 Å². The fourth-order valence-electron chi connectivity index (χ4n) is 3.65. The summed E-state index contributed by atoms with van der Waals surface area (Å²) in [7, 11) is 0. The van der Waals surface area contributed by atoms with Crippen LogP contribution < -0.4 is 10.9 Å². The van der Waals surface area contributed by atoms with Gasteiger partial charge in [0.2, 0.25) is 5.91 Å². The molecule has 2 aromatic heterocycles. The molecule has 3 aromatic rings. The molecule has 9 heteroatoms. The van der Waals surface area contributed by atoms with E-state index in [1.807, 2.05) is 25.1 Å². The maximum atomic E-state index is 13.0. The molecule has 0 spiro atoms. The van der Waals surface area contributed by atoms with Crippen molar-refractivity contribution in [1.82, 2.24) is 14.5 Å². The van der Waals surface area contributed by atoms with Crippen LogP contribution in [0.1, 0.15) is 33.6 Å². The van der Waals surface area contributed by atoms with Gasteiger partial charge in [0, 0.05) is 23.2 Å². The molecule has 1 aromatic carbocycles. The summed E-state index contributed by atoms with van der Waals surface area (Å²) in [5.74, 6) is -0.354. The van der Waals surface area contributed by atoms with Crippen LogP contribution in [0.15, 0.2) is 33.8 Å². The van der Waals surface area contributed by atoms with E-state index in [-0.39, 0.29) is 23.9 Å². The predicted molar refractivity (Wildman–Crippen MR) is 121 cm³/mol. The fraction of sp³-hybridized carbons (Fsp3) is 0.333. The summed E-state index contributed by atoms with van der Waals surface area (Å²) in [6.07, 6.45) is 3.39. The molecule has 30 heavy (non-hydrogen) atoms. The monoisotopic (exact) mass is 488 g/mol. The van der Waals surface area contributed by atoms with Crippen LogP contribution in [0.25, 0.3) is 10.2 Å². The van der Waals surface area contributed by atoms with Crippen molar-refractivity contribution in [2.24, 2.45) is 0 Å². The average Bonchev–Trinajstić information content (AvgIpc) is 3.35. The lowest BCUT2D eigenvalue weighted by molar-refractivity contribution is -0.130. The Morgan fingerprint density at radius 1 is 1.23 bits per heavy atom. The van der Waals surface area contributed by atoms with E-state index in [0.717, 1.165) is 36.0 Å². The molecule has 1 aliphatic rings. The lowest BCUT2D eigenvalue weighted by Gasteiger charge is -2.15. The van der Waals surface area contributed by atoms with E-state index in [1.54, 1.807) is 11.8 Å². The molecule has 0 saturated carbocycles. The van der Waals surface area contributed by atoms with E-state index >= 15 is 0 Å². The van der Waals surface area contributed by atoms with Gasteiger partial charge < -0.3 is 10.2 Å². The van der Waals surface area contributed by atoms with Gasteiger partial charge in [-0.3, -0.25) is 19.0 Å². The Labute approximate surface area is 185 Å². The number of carbonyl (C=O) groups excluding carboxylic acids is 2.